The summed E-state index contributed by atoms with van der Waals surface area (Å²) in [5.74, 6) is 1.37. The number of anilines is 1. The lowest BCUT2D eigenvalue weighted by Crippen LogP contribution is -2.31. The number of hydrogen-bond acceptors (Lipinski definition) is 4. The highest BCUT2D eigenvalue weighted by atomic mass is 16.7. The molecule has 1 atom stereocenters. The topological polar surface area (TPSA) is 67.9 Å². The van der Waals surface area contributed by atoms with Gasteiger partial charge in [-0.15, -0.1) is 0 Å². The van der Waals surface area contributed by atoms with Gasteiger partial charge in [0.25, 0.3) is 5.91 Å². The highest BCUT2D eigenvalue weighted by molar-refractivity contribution is 5.97. The maximum absolute atomic E-state index is 12.5. The molecule has 0 aromatic heterocycles. The minimum absolute atomic E-state index is 0.0530. The van der Waals surface area contributed by atoms with Gasteiger partial charge in [-0.1, -0.05) is 32.9 Å². The molecule has 1 saturated heterocycles. The van der Waals surface area contributed by atoms with Crippen molar-refractivity contribution in [1.82, 2.24) is 5.32 Å². The minimum atomic E-state index is -0.112. The third kappa shape index (κ3) is 4.06. The second-order valence-electron chi connectivity index (χ2n) is 8.65. The molecule has 0 radical (unpaired) electrons. The fraction of sp³-hybridized carbons (Fsp3) is 0.391. The zero-order valence-electron chi connectivity index (χ0n) is 17.0. The molecule has 2 aromatic carbocycles. The minimum Gasteiger partial charge on any atom is -0.454 e. The van der Waals surface area contributed by atoms with Gasteiger partial charge in [0.2, 0.25) is 12.7 Å². The Balaban J connectivity index is 1.35. The number of nitrogens with one attached hydrogen (secondary N) is 1. The van der Waals surface area contributed by atoms with E-state index in [0.29, 0.717) is 36.6 Å². The number of fused-ring (bicyclic) bond motifs is 1. The molecular formula is C23H26N2O4. The van der Waals surface area contributed by atoms with Crippen LogP contribution in [-0.4, -0.2) is 31.7 Å². The molecular weight excluding hydrogens is 368 g/mol. The van der Waals surface area contributed by atoms with Gasteiger partial charge in [-0.2, -0.15) is 0 Å². The zero-order valence-corrected chi connectivity index (χ0v) is 17.0. The molecule has 2 aliphatic heterocycles. The second-order valence-corrected chi connectivity index (χ2v) is 8.65. The monoisotopic (exact) mass is 394 g/mol. The van der Waals surface area contributed by atoms with E-state index in [4.69, 9.17) is 9.47 Å². The quantitative estimate of drug-likeness (QED) is 0.862. The van der Waals surface area contributed by atoms with Crippen molar-refractivity contribution in [3.8, 4) is 11.5 Å². The van der Waals surface area contributed by atoms with E-state index in [0.717, 1.165) is 5.69 Å². The third-order valence-electron chi connectivity index (χ3n) is 5.44. The van der Waals surface area contributed by atoms with E-state index in [1.54, 1.807) is 4.90 Å². The molecule has 2 aromatic rings. The van der Waals surface area contributed by atoms with Gasteiger partial charge in [0.15, 0.2) is 11.5 Å². The first-order valence-corrected chi connectivity index (χ1v) is 9.90. The Labute approximate surface area is 170 Å². The number of nitrogens with zero attached hydrogens (tertiary/aromatic N) is 1. The van der Waals surface area contributed by atoms with Crippen molar-refractivity contribution < 1.29 is 19.1 Å². The largest absolute Gasteiger partial charge is 0.454 e. The predicted octanol–water partition coefficient (Wildman–Crippen LogP) is 3.50. The fourth-order valence-electron chi connectivity index (χ4n) is 3.68. The number of hydrogen-bond donors (Lipinski definition) is 1. The van der Waals surface area contributed by atoms with Crippen molar-refractivity contribution in [2.75, 3.05) is 24.8 Å². The molecule has 152 valence electrons. The summed E-state index contributed by atoms with van der Waals surface area (Å²) in [7, 11) is 0. The summed E-state index contributed by atoms with van der Waals surface area (Å²) in [6.07, 6.45) is 0.414. The summed E-state index contributed by atoms with van der Waals surface area (Å²) in [4.78, 5) is 26.7. The van der Waals surface area contributed by atoms with Crippen LogP contribution < -0.4 is 19.7 Å². The van der Waals surface area contributed by atoms with E-state index >= 15 is 0 Å². The van der Waals surface area contributed by atoms with Crippen LogP contribution in [0.3, 0.4) is 0 Å². The van der Waals surface area contributed by atoms with Crippen LogP contribution >= 0.6 is 0 Å². The molecule has 1 N–H and O–H groups in total. The van der Waals surface area contributed by atoms with Crippen molar-refractivity contribution in [1.29, 1.82) is 0 Å². The maximum Gasteiger partial charge on any atom is 0.251 e. The summed E-state index contributed by atoms with van der Waals surface area (Å²) in [6, 6.07) is 13.2. The molecule has 1 fully saturated rings. The summed E-state index contributed by atoms with van der Waals surface area (Å²) in [5.41, 5.74) is 2.67. The highest BCUT2D eigenvalue weighted by Gasteiger charge is 2.31. The molecule has 0 bridgehead atoms. The SMILES string of the molecule is CC(C)(C)c1ccc(C(=O)NCC2CC(=O)N(c3ccc4c(c3)OCO4)C2)cc1. The molecule has 6 nitrogen and oxygen atoms in total. The molecule has 0 saturated carbocycles. The van der Waals surface area contributed by atoms with Gasteiger partial charge >= 0.3 is 0 Å². The van der Waals surface area contributed by atoms with Crippen LogP contribution in [0, 0.1) is 5.92 Å². The van der Waals surface area contributed by atoms with Crippen molar-refractivity contribution in [3.63, 3.8) is 0 Å². The Morgan fingerprint density at radius 1 is 1.10 bits per heavy atom. The summed E-state index contributed by atoms with van der Waals surface area (Å²) < 4.78 is 10.7. The lowest BCUT2D eigenvalue weighted by molar-refractivity contribution is -0.117. The van der Waals surface area contributed by atoms with Crippen molar-refractivity contribution in [2.24, 2.45) is 5.92 Å². The van der Waals surface area contributed by atoms with Crippen molar-refractivity contribution >= 4 is 17.5 Å². The van der Waals surface area contributed by atoms with Crippen LogP contribution in [0.1, 0.15) is 43.1 Å². The Kier molecular flexibility index (Phi) is 4.94. The predicted molar refractivity (Wildman–Crippen MR) is 111 cm³/mol. The van der Waals surface area contributed by atoms with Gasteiger partial charge in [-0.25, -0.2) is 0 Å². The van der Waals surface area contributed by atoms with Crippen LogP contribution in [0.15, 0.2) is 42.5 Å². The summed E-state index contributed by atoms with van der Waals surface area (Å²) in [6.45, 7) is 7.67. The van der Waals surface area contributed by atoms with Crippen LogP contribution in [0.5, 0.6) is 11.5 Å². The van der Waals surface area contributed by atoms with Gasteiger partial charge < -0.3 is 19.7 Å². The van der Waals surface area contributed by atoms with Crippen LogP contribution in [0.4, 0.5) is 5.69 Å². The number of carbonyl (C=O) groups excluding carboxylic acids is 2. The smallest absolute Gasteiger partial charge is 0.251 e. The molecule has 1 unspecified atom stereocenters. The molecule has 2 amide bonds. The Hall–Kier alpha value is -3.02. The van der Waals surface area contributed by atoms with Crippen molar-refractivity contribution in [2.45, 2.75) is 32.6 Å². The standard InChI is InChI=1S/C23H26N2O4/c1-23(2,3)17-6-4-16(5-7-17)22(27)24-12-15-10-21(26)25(13-15)18-8-9-19-20(11-18)29-14-28-19/h4-9,11,15H,10,12-14H2,1-3H3,(H,24,27). The molecule has 6 heteroatoms. The van der Waals surface area contributed by atoms with Crippen LogP contribution in [-0.2, 0) is 10.2 Å². The average molecular weight is 394 g/mol. The van der Waals surface area contributed by atoms with Crippen LogP contribution in [0.2, 0.25) is 0 Å². The van der Waals surface area contributed by atoms with E-state index < -0.39 is 0 Å². The Morgan fingerprint density at radius 2 is 1.83 bits per heavy atom. The first-order chi connectivity index (χ1) is 13.8. The van der Waals surface area contributed by atoms with Gasteiger partial charge in [0, 0.05) is 42.7 Å². The molecule has 2 heterocycles. The number of benzene rings is 2. The molecule has 4 rings (SSSR count). The van der Waals surface area contributed by atoms with E-state index in [1.165, 1.54) is 5.56 Å². The van der Waals surface area contributed by atoms with Crippen molar-refractivity contribution in [3.05, 3.63) is 53.6 Å². The first kappa shape index (κ1) is 19.3. The molecule has 29 heavy (non-hydrogen) atoms. The zero-order chi connectivity index (χ0) is 20.6. The Morgan fingerprint density at radius 3 is 2.55 bits per heavy atom. The Bertz CT molecular complexity index is 931. The molecule has 2 aliphatic rings. The lowest BCUT2D eigenvalue weighted by Gasteiger charge is -2.19. The van der Waals surface area contributed by atoms with Crippen LogP contribution in [0.25, 0.3) is 0 Å². The first-order valence-electron chi connectivity index (χ1n) is 9.90. The number of ether oxygens (including phenoxy) is 2. The third-order valence-corrected chi connectivity index (χ3v) is 5.44. The van der Waals surface area contributed by atoms with E-state index in [1.807, 2.05) is 42.5 Å². The summed E-state index contributed by atoms with van der Waals surface area (Å²) >= 11 is 0. The normalized spacial score (nSPS) is 18.2. The van der Waals surface area contributed by atoms with Gasteiger partial charge in [0.05, 0.1) is 0 Å². The number of amides is 2. The van der Waals surface area contributed by atoms with Gasteiger partial charge in [-0.3, -0.25) is 9.59 Å². The highest BCUT2D eigenvalue weighted by Crippen LogP contribution is 2.37. The molecule has 0 aliphatic carbocycles. The summed E-state index contributed by atoms with van der Waals surface area (Å²) in [5, 5.41) is 2.97. The number of carbonyl (C=O) groups is 2. The molecule has 0 spiro atoms. The van der Waals surface area contributed by atoms with E-state index in [-0.39, 0.29) is 29.9 Å². The lowest BCUT2D eigenvalue weighted by atomic mass is 9.87. The van der Waals surface area contributed by atoms with E-state index in [9.17, 15) is 9.59 Å². The maximum atomic E-state index is 12.5. The number of rotatable bonds is 4. The fourth-order valence-corrected chi connectivity index (χ4v) is 3.68. The van der Waals surface area contributed by atoms with E-state index in [2.05, 4.69) is 26.1 Å². The van der Waals surface area contributed by atoms with Gasteiger partial charge in [0.1, 0.15) is 0 Å². The average Bonchev–Trinajstić information content (AvgIpc) is 3.31. The van der Waals surface area contributed by atoms with Gasteiger partial charge in [-0.05, 0) is 35.2 Å². The second kappa shape index (κ2) is 7.43.